The number of benzene rings is 1. The molecule has 8 heteroatoms. The van der Waals surface area contributed by atoms with E-state index in [1.165, 1.54) is 0 Å². The van der Waals surface area contributed by atoms with Crippen LogP contribution in [-0.2, 0) is 12.4 Å². The lowest BCUT2D eigenvalue weighted by molar-refractivity contribution is -0.141. The van der Waals surface area contributed by atoms with Gasteiger partial charge in [-0.15, -0.1) is 0 Å². The fourth-order valence-electron chi connectivity index (χ4n) is 1.58. The molecule has 0 unspecified atom stereocenters. The van der Waals surface area contributed by atoms with E-state index in [0.717, 1.165) is 31.2 Å². The highest BCUT2D eigenvalue weighted by Crippen LogP contribution is 2.35. The van der Waals surface area contributed by atoms with Crippen molar-refractivity contribution in [2.75, 3.05) is 0 Å². The molecular weight excluding hydrogens is 288 g/mol. The fraction of sp³-hybridized carbons (Fsp3) is 0.250. The van der Waals surface area contributed by atoms with Crippen molar-refractivity contribution in [2.45, 2.75) is 19.3 Å². The largest absolute Gasteiger partial charge is 0.441 e. The highest BCUT2D eigenvalue weighted by atomic mass is 19.4. The lowest BCUT2D eigenvalue weighted by Crippen LogP contribution is -2.07. The zero-order valence-electron chi connectivity index (χ0n) is 9.93. The Bertz CT molecular complexity index is 608. The summed E-state index contributed by atoms with van der Waals surface area (Å²) in [6.07, 6.45) is -9.18. The number of hydrogen-bond acceptors (Lipinski definition) is 2. The average Bonchev–Trinajstić information content (AvgIpc) is 2.70. The van der Waals surface area contributed by atoms with Crippen molar-refractivity contribution >= 4 is 0 Å². The van der Waals surface area contributed by atoms with E-state index >= 15 is 0 Å². The number of rotatable bonds is 1. The number of halogens is 6. The van der Waals surface area contributed by atoms with Crippen LogP contribution in [-0.4, -0.2) is 4.98 Å². The third-order valence-electron chi connectivity index (χ3n) is 2.52. The minimum absolute atomic E-state index is 0.0385. The van der Waals surface area contributed by atoms with Crippen molar-refractivity contribution in [3.8, 4) is 11.5 Å². The van der Waals surface area contributed by atoms with Crippen molar-refractivity contribution in [1.82, 2.24) is 4.98 Å². The first kappa shape index (κ1) is 14.4. The summed E-state index contributed by atoms with van der Waals surface area (Å²) in [5.41, 5.74) is -2.05. The molecule has 0 saturated carbocycles. The minimum atomic E-state index is -4.67. The lowest BCUT2D eigenvalue weighted by atomic mass is 10.1. The molecular formula is C12H7F6NO. The van der Waals surface area contributed by atoms with Crippen LogP contribution in [0.2, 0.25) is 0 Å². The van der Waals surface area contributed by atoms with Gasteiger partial charge >= 0.3 is 12.4 Å². The molecule has 0 atom stereocenters. The van der Waals surface area contributed by atoms with Crippen LogP contribution >= 0.6 is 0 Å². The Labute approximate surface area is 109 Å². The van der Waals surface area contributed by atoms with E-state index in [0.29, 0.717) is 0 Å². The van der Waals surface area contributed by atoms with Gasteiger partial charge in [-0.25, -0.2) is 4.98 Å². The summed E-state index contributed by atoms with van der Waals surface area (Å²) in [5, 5.41) is 0. The summed E-state index contributed by atoms with van der Waals surface area (Å²) in [5.74, 6) is -0.809. The fourth-order valence-corrected chi connectivity index (χ4v) is 1.58. The van der Waals surface area contributed by atoms with Crippen LogP contribution in [0.25, 0.3) is 11.5 Å². The van der Waals surface area contributed by atoms with Gasteiger partial charge < -0.3 is 4.42 Å². The summed E-state index contributed by atoms with van der Waals surface area (Å²) in [4.78, 5) is 3.27. The first-order valence-electron chi connectivity index (χ1n) is 5.31. The average molecular weight is 295 g/mol. The van der Waals surface area contributed by atoms with Crippen LogP contribution in [0.1, 0.15) is 17.0 Å². The maximum atomic E-state index is 12.5. The molecule has 0 bridgehead atoms. The Balaban J connectivity index is 2.38. The highest BCUT2D eigenvalue weighted by Gasteiger charge is 2.37. The van der Waals surface area contributed by atoms with Crippen molar-refractivity contribution < 1.29 is 30.8 Å². The molecule has 0 amide bonds. The quantitative estimate of drug-likeness (QED) is 0.713. The molecule has 2 aromatic rings. The Morgan fingerprint density at radius 1 is 0.900 bits per heavy atom. The molecule has 1 heterocycles. The normalized spacial score (nSPS) is 12.8. The SMILES string of the molecule is Cc1oc(-c2ccc(C(F)(F)F)cc2)nc1C(F)(F)F. The maximum Gasteiger partial charge on any atom is 0.436 e. The van der Waals surface area contributed by atoms with Gasteiger partial charge in [0.05, 0.1) is 5.56 Å². The van der Waals surface area contributed by atoms with Gasteiger partial charge in [0.15, 0.2) is 5.69 Å². The number of nitrogens with zero attached hydrogens (tertiary/aromatic N) is 1. The first-order valence-corrected chi connectivity index (χ1v) is 5.31. The molecule has 0 aliphatic rings. The Hall–Kier alpha value is -1.99. The molecule has 0 aliphatic heterocycles. The standard InChI is InChI=1S/C12H7F6NO/c1-6-9(12(16,17)18)19-10(20-6)7-2-4-8(5-3-7)11(13,14)15/h2-5H,1H3. The first-order chi connectivity index (χ1) is 9.09. The predicted octanol–water partition coefficient (Wildman–Crippen LogP) is 4.69. The second kappa shape index (κ2) is 4.53. The molecule has 108 valence electrons. The second-order valence-electron chi connectivity index (χ2n) is 4.00. The van der Waals surface area contributed by atoms with Gasteiger partial charge in [0, 0.05) is 5.56 Å². The molecule has 0 N–H and O–H groups in total. The molecule has 2 rings (SSSR count). The van der Waals surface area contributed by atoms with Gasteiger partial charge in [-0.2, -0.15) is 26.3 Å². The number of aromatic nitrogens is 1. The lowest BCUT2D eigenvalue weighted by Gasteiger charge is -2.06. The van der Waals surface area contributed by atoms with Gasteiger partial charge in [0.2, 0.25) is 5.89 Å². The Morgan fingerprint density at radius 2 is 1.45 bits per heavy atom. The number of oxazole rings is 1. The van der Waals surface area contributed by atoms with E-state index in [4.69, 9.17) is 4.42 Å². The van der Waals surface area contributed by atoms with E-state index in [1.54, 1.807) is 0 Å². The maximum absolute atomic E-state index is 12.5. The van der Waals surface area contributed by atoms with Crippen LogP contribution in [0.15, 0.2) is 28.7 Å². The second-order valence-corrected chi connectivity index (χ2v) is 4.00. The van der Waals surface area contributed by atoms with Gasteiger partial charge in [-0.05, 0) is 31.2 Å². The van der Waals surface area contributed by atoms with Crippen LogP contribution in [0, 0.1) is 6.92 Å². The van der Waals surface area contributed by atoms with Crippen molar-refractivity contribution in [2.24, 2.45) is 0 Å². The Morgan fingerprint density at radius 3 is 1.85 bits per heavy atom. The summed E-state index contributed by atoms with van der Waals surface area (Å²) in [6, 6.07) is 3.52. The van der Waals surface area contributed by atoms with E-state index in [-0.39, 0.29) is 11.5 Å². The number of alkyl halides is 6. The third kappa shape index (κ3) is 2.78. The smallest absolute Gasteiger partial charge is 0.436 e. The molecule has 0 fully saturated rings. The summed E-state index contributed by atoms with van der Waals surface area (Å²) >= 11 is 0. The summed E-state index contributed by atoms with van der Waals surface area (Å²) < 4.78 is 79.5. The van der Waals surface area contributed by atoms with Crippen LogP contribution in [0.3, 0.4) is 0 Å². The molecule has 0 saturated heterocycles. The van der Waals surface area contributed by atoms with Crippen LogP contribution in [0.4, 0.5) is 26.3 Å². The molecule has 2 nitrogen and oxygen atoms in total. The van der Waals surface area contributed by atoms with Gasteiger partial charge in [0.25, 0.3) is 0 Å². The molecule has 1 aromatic carbocycles. The highest BCUT2D eigenvalue weighted by molar-refractivity contribution is 5.54. The molecule has 0 spiro atoms. The Kier molecular flexibility index (Phi) is 3.27. The van der Waals surface area contributed by atoms with Crippen LogP contribution < -0.4 is 0 Å². The van der Waals surface area contributed by atoms with Crippen LogP contribution in [0.5, 0.6) is 0 Å². The molecule has 20 heavy (non-hydrogen) atoms. The zero-order valence-corrected chi connectivity index (χ0v) is 9.93. The monoisotopic (exact) mass is 295 g/mol. The summed E-state index contributed by atoms with van der Waals surface area (Å²) in [6.45, 7) is 1.09. The van der Waals surface area contributed by atoms with E-state index in [1.807, 2.05) is 0 Å². The number of aryl methyl sites for hydroxylation is 1. The molecule has 1 aromatic heterocycles. The summed E-state index contributed by atoms with van der Waals surface area (Å²) in [7, 11) is 0. The molecule has 0 radical (unpaired) electrons. The minimum Gasteiger partial charge on any atom is -0.441 e. The van der Waals surface area contributed by atoms with Crippen molar-refractivity contribution in [3.63, 3.8) is 0 Å². The molecule has 0 aliphatic carbocycles. The zero-order chi connectivity index (χ0) is 15.1. The van der Waals surface area contributed by atoms with Crippen molar-refractivity contribution in [3.05, 3.63) is 41.3 Å². The van der Waals surface area contributed by atoms with E-state index < -0.39 is 29.4 Å². The van der Waals surface area contributed by atoms with E-state index in [9.17, 15) is 26.3 Å². The number of hydrogen-bond donors (Lipinski definition) is 0. The van der Waals surface area contributed by atoms with Crippen molar-refractivity contribution in [1.29, 1.82) is 0 Å². The van der Waals surface area contributed by atoms with Gasteiger partial charge in [-0.3, -0.25) is 0 Å². The topological polar surface area (TPSA) is 26.0 Å². The van der Waals surface area contributed by atoms with Gasteiger partial charge in [0.1, 0.15) is 5.76 Å². The predicted molar refractivity (Wildman–Crippen MR) is 56.7 cm³/mol. The third-order valence-corrected chi connectivity index (χ3v) is 2.52. The van der Waals surface area contributed by atoms with E-state index in [2.05, 4.69) is 4.98 Å². The van der Waals surface area contributed by atoms with Gasteiger partial charge in [-0.1, -0.05) is 0 Å².